The topological polar surface area (TPSA) is 124 Å². The van der Waals surface area contributed by atoms with E-state index in [1.807, 2.05) is 0 Å². The fourth-order valence-corrected chi connectivity index (χ4v) is 2.48. The van der Waals surface area contributed by atoms with Crippen LogP contribution < -0.4 is 16.2 Å². The number of hydrogen-bond donors (Lipinski definition) is 4. The van der Waals surface area contributed by atoms with Crippen LogP contribution in [0, 0.1) is 5.82 Å². The van der Waals surface area contributed by atoms with E-state index in [1.54, 1.807) is 0 Å². The number of phenols is 1. The van der Waals surface area contributed by atoms with E-state index in [2.05, 4.69) is 10.7 Å². The fraction of sp³-hybridized carbons (Fsp3) is 0.188. The number of amides is 2. The van der Waals surface area contributed by atoms with Crippen molar-refractivity contribution in [2.24, 2.45) is 0 Å². The van der Waals surface area contributed by atoms with Crippen LogP contribution in [0.4, 0.5) is 4.39 Å². The van der Waals surface area contributed by atoms with Gasteiger partial charge in [-0.05, 0) is 6.07 Å². The lowest BCUT2D eigenvalue weighted by atomic mass is 10.1. The summed E-state index contributed by atoms with van der Waals surface area (Å²) in [4.78, 5) is 37.8. The van der Waals surface area contributed by atoms with Crippen molar-refractivity contribution in [3.05, 3.63) is 57.3 Å². The molecule has 2 amide bonds. The highest BCUT2D eigenvalue weighted by atomic mass is 19.1. The molecule has 0 fully saturated rings. The molecule has 0 aliphatic carbocycles. The van der Waals surface area contributed by atoms with E-state index in [-0.39, 0.29) is 30.2 Å². The van der Waals surface area contributed by atoms with Crippen molar-refractivity contribution in [3.63, 3.8) is 0 Å². The molecule has 1 aromatic heterocycles. The van der Waals surface area contributed by atoms with E-state index < -0.39 is 34.4 Å². The van der Waals surface area contributed by atoms with Crippen molar-refractivity contribution in [2.75, 3.05) is 19.1 Å². The van der Waals surface area contributed by atoms with Gasteiger partial charge >= 0.3 is 0 Å². The first-order chi connectivity index (χ1) is 12.3. The number of halogens is 1. The summed E-state index contributed by atoms with van der Waals surface area (Å²) < 4.78 is 14.1. The largest absolute Gasteiger partial charge is 0.507 e. The number of rotatable bonds is 3. The van der Waals surface area contributed by atoms with E-state index in [9.17, 15) is 29.0 Å². The van der Waals surface area contributed by atoms with E-state index in [1.165, 1.54) is 18.0 Å². The van der Waals surface area contributed by atoms with Gasteiger partial charge in [-0.2, -0.15) is 0 Å². The van der Waals surface area contributed by atoms with Gasteiger partial charge in [0.05, 0.1) is 0 Å². The number of phenolic OH excluding ortho intramolecular Hbond substituents is 1. The van der Waals surface area contributed by atoms with Crippen LogP contribution in [-0.2, 0) is 6.54 Å². The smallest absolute Gasteiger partial charge is 0.277 e. The average Bonchev–Trinajstić information content (AvgIpc) is 2.60. The minimum atomic E-state index is -0.998. The number of fused-ring (bicyclic) bond motifs is 1. The summed E-state index contributed by atoms with van der Waals surface area (Å²) in [6.45, 7) is -0.0410. The molecule has 0 saturated carbocycles. The molecular formula is C16H15FN4O5. The lowest BCUT2D eigenvalue weighted by Gasteiger charge is -2.28. The molecule has 2 aromatic rings. The SMILES string of the molecule is CN1CNn2cc(C(=O)NCc3ccc(F)cc3O)c(=O)c(O)c2C1=O. The lowest BCUT2D eigenvalue weighted by Crippen LogP contribution is -2.45. The standard InChI is InChI=1S/C16H15FN4O5/c1-20-7-19-21-6-10(13(23)14(24)12(21)16(20)26)15(25)18-5-8-2-3-9(17)4-11(8)22/h2-4,6,19,22,24H,5,7H2,1H3,(H,18,25). The second kappa shape index (κ2) is 6.39. The van der Waals surface area contributed by atoms with Gasteiger partial charge in [0.25, 0.3) is 11.8 Å². The summed E-state index contributed by atoms with van der Waals surface area (Å²) in [5, 5.41) is 22.1. The maximum absolute atomic E-state index is 13.0. The molecule has 136 valence electrons. The van der Waals surface area contributed by atoms with Crippen LogP contribution >= 0.6 is 0 Å². The summed E-state index contributed by atoms with van der Waals surface area (Å²) in [7, 11) is 1.48. The molecule has 0 saturated heterocycles. The van der Waals surface area contributed by atoms with Crippen LogP contribution in [0.2, 0.25) is 0 Å². The molecule has 1 aliphatic heterocycles. The zero-order valence-electron chi connectivity index (χ0n) is 13.6. The van der Waals surface area contributed by atoms with Crippen molar-refractivity contribution < 1.29 is 24.2 Å². The zero-order chi connectivity index (χ0) is 19.0. The van der Waals surface area contributed by atoms with Gasteiger partial charge in [0.15, 0.2) is 11.4 Å². The minimum Gasteiger partial charge on any atom is -0.507 e. The van der Waals surface area contributed by atoms with Gasteiger partial charge < -0.3 is 25.9 Å². The maximum atomic E-state index is 13.0. The predicted molar refractivity (Wildman–Crippen MR) is 87.9 cm³/mol. The molecule has 0 radical (unpaired) electrons. The monoisotopic (exact) mass is 362 g/mol. The molecule has 0 bridgehead atoms. The summed E-state index contributed by atoms with van der Waals surface area (Å²) in [6, 6.07) is 3.30. The van der Waals surface area contributed by atoms with Gasteiger partial charge in [0, 0.05) is 31.4 Å². The highest BCUT2D eigenvalue weighted by Gasteiger charge is 2.29. The van der Waals surface area contributed by atoms with Crippen LogP contribution in [-0.4, -0.2) is 45.3 Å². The molecular weight excluding hydrogens is 347 g/mol. The quantitative estimate of drug-likeness (QED) is 0.605. The second-order valence-corrected chi connectivity index (χ2v) is 5.71. The molecule has 9 nitrogen and oxygen atoms in total. The average molecular weight is 362 g/mol. The molecule has 2 heterocycles. The maximum Gasteiger partial charge on any atom is 0.277 e. The molecule has 1 aromatic carbocycles. The number of aromatic nitrogens is 1. The Kier molecular flexibility index (Phi) is 4.24. The van der Waals surface area contributed by atoms with Gasteiger partial charge in [-0.25, -0.2) is 4.39 Å². The number of carbonyl (C=O) groups excluding carboxylic acids is 2. The number of nitrogens with one attached hydrogen (secondary N) is 2. The normalized spacial score (nSPS) is 13.2. The Morgan fingerprint density at radius 3 is 2.77 bits per heavy atom. The Bertz CT molecular complexity index is 972. The Balaban J connectivity index is 1.87. The Hall–Kier alpha value is -3.56. The first kappa shape index (κ1) is 17.3. The summed E-state index contributed by atoms with van der Waals surface area (Å²) in [6.07, 6.45) is 1.11. The van der Waals surface area contributed by atoms with Crippen LogP contribution in [0.3, 0.4) is 0 Å². The molecule has 10 heteroatoms. The Morgan fingerprint density at radius 1 is 1.35 bits per heavy atom. The van der Waals surface area contributed by atoms with Gasteiger partial charge in [-0.3, -0.25) is 19.1 Å². The van der Waals surface area contributed by atoms with Crippen molar-refractivity contribution >= 4 is 11.8 Å². The predicted octanol–water partition coefficient (Wildman–Crippen LogP) is -0.0848. The minimum absolute atomic E-state index is 0.124. The Morgan fingerprint density at radius 2 is 2.08 bits per heavy atom. The van der Waals surface area contributed by atoms with Crippen LogP contribution in [0.5, 0.6) is 11.5 Å². The van der Waals surface area contributed by atoms with Gasteiger partial charge in [0.1, 0.15) is 23.8 Å². The number of aromatic hydroxyl groups is 2. The highest BCUT2D eigenvalue weighted by molar-refractivity contribution is 5.99. The zero-order valence-corrected chi connectivity index (χ0v) is 13.6. The van der Waals surface area contributed by atoms with E-state index in [0.717, 1.165) is 23.0 Å². The van der Waals surface area contributed by atoms with Gasteiger partial charge in [-0.15, -0.1) is 0 Å². The molecule has 3 rings (SSSR count). The Labute approximate surface area is 146 Å². The number of pyridine rings is 1. The fourth-order valence-electron chi connectivity index (χ4n) is 2.48. The molecule has 26 heavy (non-hydrogen) atoms. The van der Waals surface area contributed by atoms with Crippen LogP contribution in [0.15, 0.2) is 29.2 Å². The third kappa shape index (κ3) is 2.92. The third-order valence-corrected chi connectivity index (χ3v) is 3.94. The third-order valence-electron chi connectivity index (χ3n) is 3.94. The summed E-state index contributed by atoms with van der Waals surface area (Å²) in [5.41, 5.74) is 1.35. The lowest BCUT2D eigenvalue weighted by molar-refractivity contribution is 0.0761. The van der Waals surface area contributed by atoms with E-state index in [4.69, 9.17) is 0 Å². The number of nitrogens with zero attached hydrogens (tertiary/aromatic N) is 2. The molecule has 0 atom stereocenters. The molecule has 0 spiro atoms. The number of benzene rings is 1. The van der Waals surface area contributed by atoms with Crippen molar-refractivity contribution in [2.45, 2.75) is 6.54 Å². The first-order valence-electron chi connectivity index (χ1n) is 7.53. The van der Waals surface area contributed by atoms with Crippen molar-refractivity contribution in [3.8, 4) is 11.5 Å². The number of carbonyl (C=O) groups is 2. The summed E-state index contributed by atoms with van der Waals surface area (Å²) in [5.74, 6) is -3.20. The van der Waals surface area contributed by atoms with Crippen LogP contribution in [0.25, 0.3) is 0 Å². The van der Waals surface area contributed by atoms with Gasteiger partial charge in [-0.1, -0.05) is 6.07 Å². The molecule has 0 unspecified atom stereocenters. The van der Waals surface area contributed by atoms with Crippen molar-refractivity contribution in [1.29, 1.82) is 0 Å². The first-order valence-corrected chi connectivity index (χ1v) is 7.53. The highest BCUT2D eigenvalue weighted by Crippen LogP contribution is 2.19. The van der Waals surface area contributed by atoms with E-state index >= 15 is 0 Å². The van der Waals surface area contributed by atoms with Crippen LogP contribution in [0.1, 0.15) is 26.4 Å². The summed E-state index contributed by atoms with van der Waals surface area (Å²) >= 11 is 0. The molecule has 1 aliphatic rings. The van der Waals surface area contributed by atoms with Gasteiger partial charge in [0.2, 0.25) is 5.43 Å². The van der Waals surface area contributed by atoms with Crippen molar-refractivity contribution in [1.82, 2.24) is 14.9 Å². The molecule has 4 N–H and O–H groups in total. The second-order valence-electron chi connectivity index (χ2n) is 5.71. The van der Waals surface area contributed by atoms with E-state index in [0.29, 0.717) is 0 Å². The number of hydrogen-bond acceptors (Lipinski definition) is 6.